The number of hydrogen-bond acceptors (Lipinski definition) is 4. The number of halogens is 2. The van der Waals surface area contributed by atoms with Gasteiger partial charge in [-0.3, -0.25) is 14.5 Å². The molecule has 8 heteroatoms. The SMILES string of the molecule is CCc1ccc(/C=C2\SC(=S)N(CCCC(=O)Nc3cccc(Cl)c3Cl)C2=O)cc1. The minimum absolute atomic E-state index is 0.122. The maximum absolute atomic E-state index is 12.7. The molecule has 156 valence electrons. The molecule has 1 fully saturated rings. The molecule has 1 aliphatic rings. The summed E-state index contributed by atoms with van der Waals surface area (Å²) >= 11 is 18.7. The molecule has 0 unspecified atom stereocenters. The third-order valence-corrected chi connectivity index (χ3v) is 6.77. The molecule has 0 atom stereocenters. The van der Waals surface area contributed by atoms with E-state index >= 15 is 0 Å². The Morgan fingerprint density at radius 2 is 1.93 bits per heavy atom. The average molecular weight is 479 g/mol. The highest BCUT2D eigenvalue weighted by molar-refractivity contribution is 8.26. The number of carbonyl (C=O) groups excluding carboxylic acids is 2. The molecule has 0 saturated carbocycles. The van der Waals surface area contributed by atoms with Crippen LogP contribution in [0.25, 0.3) is 6.08 Å². The predicted molar refractivity (Wildman–Crippen MR) is 130 cm³/mol. The summed E-state index contributed by atoms with van der Waals surface area (Å²) in [4.78, 5) is 27.1. The van der Waals surface area contributed by atoms with E-state index in [9.17, 15) is 9.59 Å². The lowest BCUT2D eigenvalue weighted by Gasteiger charge is -2.14. The monoisotopic (exact) mass is 478 g/mol. The Bertz CT molecular complexity index is 1010. The number of amides is 2. The summed E-state index contributed by atoms with van der Waals surface area (Å²) in [6, 6.07) is 13.2. The first-order chi connectivity index (χ1) is 14.4. The van der Waals surface area contributed by atoms with Crippen LogP contribution in [0.2, 0.25) is 10.0 Å². The first-order valence-corrected chi connectivity index (χ1v) is 11.4. The highest BCUT2D eigenvalue weighted by Gasteiger charge is 2.31. The van der Waals surface area contributed by atoms with E-state index in [0.29, 0.717) is 37.9 Å². The van der Waals surface area contributed by atoms with Gasteiger partial charge in [0.15, 0.2) is 0 Å². The van der Waals surface area contributed by atoms with Crippen molar-refractivity contribution in [3.05, 3.63) is 68.5 Å². The molecule has 1 N–H and O–H groups in total. The average Bonchev–Trinajstić information content (AvgIpc) is 2.99. The summed E-state index contributed by atoms with van der Waals surface area (Å²) in [5.74, 6) is -0.320. The third kappa shape index (κ3) is 5.64. The zero-order chi connectivity index (χ0) is 21.7. The molecule has 1 aliphatic heterocycles. The highest BCUT2D eigenvalue weighted by Crippen LogP contribution is 2.33. The summed E-state index contributed by atoms with van der Waals surface area (Å²) in [6.45, 7) is 2.48. The van der Waals surface area contributed by atoms with Crippen molar-refractivity contribution in [1.29, 1.82) is 0 Å². The fourth-order valence-electron chi connectivity index (χ4n) is 2.90. The molecule has 0 aliphatic carbocycles. The standard InChI is InChI=1S/C22H20Cl2N2O2S2/c1-2-14-8-10-15(11-9-14)13-18-21(28)26(22(29)30-18)12-4-7-19(27)25-17-6-3-5-16(23)20(17)24/h3,5-6,8-11,13H,2,4,7,12H2,1H3,(H,25,27)/b18-13-. The van der Waals surface area contributed by atoms with Gasteiger partial charge in [-0.15, -0.1) is 0 Å². The van der Waals surface area contributed by atoms with Crippen molar-refractivity contribution in [1.82, 2.24) is 4.90 Å². The van der Waals surface area contributed by atoms with E-state index in [-0.39, 0.29) is 18.2 Å². The Kier molecular flexibility index (Phi) is 7.94. The predicted octanol–water partition coefficient (Wildman–Crippen LogP) is 6.18. The number of nitrogens with zero attached hydrogens (tertiary/aromatic N) is 1. The van der Waals surface area contributed by atoms with Crippen LogP contribution in [-0.2, 0) is 16.0 Å². The lowest BCUT2D eigenvalue weighted by Crippen LogP contribution is -2.29. The number of benzene rings is 2. The molecule has 2 aromatic rings. The summed E-state index contributed by atoms with van der Waals surface area (Å²) in [6.07, 6.45) is 3.54. The van der Waals surface area contributed by atoms with Gasteiger partial charge >= 0.3 is 0 Å². The summed E-state index contributed by atoms with van der Waals surface area (Å²) in [7, 11) is 0. The third-order valence-electron chi connectivity index (χ3n) is 4.57. The Labute approximate surface area is 195 Å². The lowest BCUT2D eigenvalue weighted by atomic mass is 10.1. The number of rotatable bonds is 7. The van der Waals surface area contributed by atoms with Gasteiger partial charge in [0, 0.05) is 13.0 Å². The molecular formula is C22H20Cl2N2O2S2. The van der Waals surface area contributed by atoms with E-state index in [0.717, 1.165) is 12.0 Å². The molecule has 0 radical (unpaired) electrons. The van der Waals surface area contributed by atoms with Crippen LogP contribution in [0.1, 0.15) is 30.9 Å². The molecule has 3 rings (SSSR count). The highest BCUT2D eigenvalue weighted by atomic mass is 35.5. The fraction of sp³-hybridized carbons (Fsp3) is 0.227. The Morgan fingerprint density at radius 1 is 1.20 bits per heavy atom. The van der Waals surface area contributed by atoms with Crippen LogP contribution < -0.4 is 5.32 Å². The number of anilines is 1. The van der Waals surface area contributed by atoms with Crippen molar-refractivity contribution in [3.8, 4) is 0 Å². The van der Waals surface area contributed by atoms with E-state index in [2.05, 4.69) is 24.4 Å². The number of nitrogens with one attached hydrogen (secondary N) is 1. The van der Waals surface area contributed by atoms with Crippen LogP contribution in [0.4, 0.5) is 5.69 Å². The number of thioether (sulfide) groups is 1. The van der Waals surface area contributed by atoms with E-state index in [1.54, 1.807) is 23.1 Å². The second-order valence-corrected chi connectivity index (χ2v) is 9.14. The molecule has 4 nitrogen and oxygen atoms in total. The zero-order valence-electron chi connectivity index (χ0n) is 16.3. The van der Waals surface area contributed by atoms with Crippen LogP contribution in [-0.4, -0.2) is 27.6 Å². The molecule has 2 aromatic carbocycles. The topological polar surface area (TPSA) is 49.4 Å². The Balaban J connectivity index is 1.54. The van der Waals surface area contributed by atoms with Gasteiger partial charge in [-0.1, -0.05) is 84.4 Å². The molecule has 0 spiro atoms. The van der Waals surface area contributed by atoms with Gasteiger partial charge in [0.05, 0.1) is 20.6 Å². The van der Waals surface area contributed by atoms with Gasteiger partial charge < -0.3 is 5.32 Å². The van der Waals surface area contributed by atoms with Crippen LogP contribution in [0, 0.1) is 0 Å². The summed E-state index contributed by atoms with van der Waals surface area (Å²) in [5.41, 5.74) is 2.68. The minimum Gasteiger partial charge on any atom is -0.325 e. The van der Waals surface area contributed by atoms with Crippen LogP contribution in [0.5, 0.6) is 0 Å². The quantitative estimate of drug-likeness (QED) is 0.381. The molecule has 1 heterocycles. The van der Waals surface area contributed by atoms with Crippen molar-refractivity contribution in [2.45, 2.75) is 26.2 Å². The van der Waals surface area contributed by atoms with E-state index in [1.807, 2.05) is 18.2 Å². The Morgan fingerprint density at radius 3 is 2.63 bits per heavy atom. The number of hydrogen-bond donors (Lipinski definition) is 1. The van der Waals surface area contributed by atoms with Crippen molar-refractivity contribution in [2.75, 3.05) is 11.9 Å². The van der Waals surface area contributed by atoms with Gasteiger partial charge in [-0.25, -0.2) is 0 Å². The van der Waals surface area contributed by atoms with Crippen molar-refractivity contribution >= 4 is 75.1 Å². The van der Waals surface area contributed by atoms with Gasteiger partial charge in [0.1, 0.15) is 4.32 Å². The summed E-state index contributed by atoms with van der Waals surface area (Å²) < 4.78 is 0.509. The maximum atomic E-state index is 12.7. The van der Waals surface area contributed by atoms with E-state index in [4.69, 9.17) is 35.4 Å². The van der Waals surface area contributed by atoms with Gasteiger partial charge in [0.25, 0.3) is 5.91 Å². The van der Waals surface area contributed by atoms with Crippen LogP contribution >= 0.6 is 47.2 Å². The van der Waals surface area contributed by atoms with E-state index < -0.39 is 0 Å². The van der Waals surface area contributed by atoms with Gasteiger partial charge in [-0.2, -0.15) is 0 Å². The van der Waals surface area contributed by atoms with Gasteiger partial charge in [-0.05, 0) is 42.2 Å². The normalized spacial score (nSPS) is 15.2. The largest absolute Gasteiger partial charge is 0.325 e. The number of thiocarbonyl (C=S) groups is 1. The maximum Gasteiger partial charge on any atom is 0.266 e. The van der Waals surface area contributed by atoms with Crippen molar-refractivity contribution in [3.63, 3.8) is 0 Å². The number of carbonyl (C=O) groups is 2. The van der Waals surface area contributed by atoms with E-state index in [1.165, 1.54) is 17.3 Å². The fourth-order valence-corrected chi connectivity index (χ4v) is 4.56. The van der Waals surface area contributed by atoms with Crippen molar-refractivity contribution < 1.29 is 9.59 Å². The second-order valence-electron chi connectivity index (χ2n) is 6.68. The van der Waals surface area contributed by atoms with Crippen LogP contribution in [0.15, 0.2) is 47.4 Å². The smallest absolute Gasteiger partial charge is 0.266 e. The lowest BCUT2D eigenvalue weighted by molar-refractivity contribution is -0.122. The molecule has 0 aromatic heterocycles. The zero-order valence-corrected chi connectivity index (χ0v) is 19.4. The number of aryl methyl sites for hydroxylation is 1. The van der Waals surface area contributed by atoms with Crippen molar-refractivity contribution in [2.24, 2.45) is 0 Å². The first kappa shape index (κ1) is 22.8. The molecule has 1 saturated heterocycles. The molecule has 2 amide bonds. The Hall–Kier alpha value is -1.86. The molecule has 0 bridgehead atoms. The van der Waals surface area contributed by atoms with Gasteiger partial charge in [0.2, 0.25) is 5.91 Å². The van der Waals surface area contributed by atoms with Crippen LogP contribution in [0.3, 0.4) is 0 Å². The minimum atomic E-state index is -0.198. The molecular weight excluding hydrogens is 459 g/mol. The second kappa shape index (κ2) is 10.4. The first-order valence-electron chi connectivity index (χ1n) is 9.47. The molecule has 30 heavy (non-hydrogen) atoms. The summed E-state index contributed by atoms with van der Waals surface area (Å²) in [5, 5.41) is 3.43.